The molecule has 1 aliphatic rings. The van der Waals surface area contributed by atoms with E-state index < -0.39 is 0 Å². The molecule has 0 bridgehead atoms. The maximum absolute atomic E-state index is 4.94. The van der Waals surface area contributed by atoms with Crippen LogP contribution in [0, 0.1) is 0 Å². The van der Waals surface area contributed by atoms with Crippen LogP contribution in [-0.2, 0) is 4.74 Å². The summed E-state index contributed by atoms with van der Waals surface area (Å²) in [5.74, 6) is 0. The third-order valence-corrected chi connectivity index (χ3v) is 6.16. The number of hydrogen-bond donors (Lipinski definition) is 0. The van der Waals surface area contributed by atoms with Crippen LogP contribution in [0.15, 0.2) is 0 Å². The van der Waals surface area contributed by atoms with Crippen molar-refractivity contribution >= 4 is 7.92 Å². The van der Waals surface area contributed by atoms with Crippen LogP contribution in [0.3, 0.4) is 0 Å². The van der Waals surface area contributed by atoms with E-state index in [9.17, 15) is 0 Å². The van der Waals surface area contributed by atoms with Crippen molar-refractivity contribution in [2.24, 2.45) is 0 Å². The second kappa shape index (κ2) is 15.4. The molecule has 0 N–H and O–H groups in total. The first kappa shape index (κ1) is 18.4. The maximum Gasteiger partial charge on any atom is 0.0466 e. The fraction of sp³-hybridized carbons (Fsp3) is 1.00. The lowest BCUT2D eigenvalue weighted by Crippen LogP contribution is -1.95. The molecule has 1 saturated heterocycles. The van der Waals surface area contributed by atoms with Gasteiger partial charge in [0.2, 0.25) is 0 Å². The van der Waals surface area contributed by atoms with Gasteiger partial charge in [-0.05, 0) is 50.6 Å². The Labute approximate surface area is 117 Å². The van der Waals surface area contributed by atoms with Gasteiger partial charge in [-0.1, -0.05) is 40.0 Å². The van der Waals surface area contributed by atoms with E-state index in [4.69, 9.17) is 4.74 Å². The van der Waals surface area contributed by atoms with E-state index in [-0.39, 0.29) is 0 Å². The second-order valence-corrected chi connectivity index (χ2v) is 7.91. The minimum absolute atomic E-state index is 0.422. The Morgan fingerprint density at radius 2 is 1.11 bits per heavy atom. The average molecular weight is 274 g/mol. The predicted molar refractivity (Wildman–Crippen MR) is 86.3 cm³/mol. The summed E-state index contributed by atoms with van der Waals surface area (Å²) >= 11 is 0. The highest BCUT2D eigenvalue weighted by Crippen LogP contribution is 2.38. The van der Waals surface area contributed by atoms with Gasteiger partial charge in [-0.3, -0.25) is 0 Å². The molecular weight excluding hydrogens is 239 g/mol. The molecule has 1 nitrogen and oxygen atoms in total. The lowest BCUT2D eigenvalue weighted by atomic mass is 10.4. The van der Waals surface area contributed by atoms with Crippen LogP contribution in [0.25, 0.3) is 0 Å². The monoisotopic (exact) mass is 274 g/mol. The molecule has 0 aromatic heterocycles. The fourth-order valence-corrected chi connectivity index (χ4v) is 4.95. The van der Waals surface area contributed by atoms with Gasteiger partial charge < -0.3 is 4.74 Å². The van der Waals surface area contributed by atoms with Gasteiger partial charge in [0.05, 0.1) is 0 Å². The molecule has 18 heavy (non-hydrogen) atoms. The summed E-state index contributed by atoms with van der Waals surface area (Å²) in [6.45, 7) is 8.94. The molecule has 1 rings (SSSR count). The zero-order valence-corrected chi connectivity index (χ0v) is 13.9. The van der Waals surface area contributed by atoms with Gasteiger partial charge in [-0.25, -0.2) is 0 Å². The zero-order valence-electron chi connectivity index (χ0n) is 13.0. The molecule has 0 spiro atoms. The van der Waals surface area contributed by atoms with Crippen LogP contribution in [0.4, 0.5) is 0 Å². The van der Waals surface area contributed by atoms with E-state index in [0.29, 0.717) is 7.92 Å². The minimum Gasteiger partial charge on any atom is -0.381 e. The van der Waals surface area contributed by atoms with Crippen LogP contribution in [0.5, 0.6) is 0 Å². The first-order valence-corrected chi connectivity index (χ1v) is 10.0. The Morgan fingerprint density at radius 3 is 1.33 bits per heavy atom. The van der Waals surface area contributed by atoms with E-state index >= 15 is 0 Å². The Kier molecular flexibility index (Phi) is 15.8. The third kappa shape index (κ3) is 12.8. The Morgan fingerprint density at radius 1 is 0.722 bits per heavy atom. The molecule has 1 fully saturated rings. The lowest BCUT2D eigenvalue weighted by molar-refractivity contribution is 0.198. The number of ether oxygens (including phenoxy) is 1. The van der Waals surface area contributed by atoms with Crippen molar-refractivity contribution in [2.75, 3.05) is 31.7 Å². The first-order chi connectivity index (χ1) is 8.85. The highest BCUT2D eigenvalue weighted by molar-refractivity contribution is 7.57. The number of rotatable bonds is 9. The summed E-state index contributed by atoms with van der Waals surface area (Å²) in [6, 6.07) is 0. The Balaban J connectivity index is 0.000000473. The van der Waals surface area contributed by atoms with Gasteiger partial charge in [0, 0.05) is 13.2 Å². The predicted octanol–water partition coefficient (Wildman–Crippen LogP) is 5.67. The van der Waals surface area contributed by atoms with Crippen LogP contribution < -0.4 is 0 Å². The van der Waals surface area contributed by atoms with Gasteiger partial charge in [0.1, 0.15) is 0 Å². The fourth-order valence-electron chi connectivity index (χ4n) is 1.99. The van der Waals surface area contributed by atoms with Crippen molar-refractivity contribution in [2.45, 2.75) is 72.1 Å². The van der Waals surface area contributed by atoms with E-state index in [0.717, 1.165) is 13.2 Å². The molecule has 0 aliphatic carbocycles. The smallest absolute Gasteiger partial charge is 0.0466 e. The molecule has 2 heteroatoms. The normalized spacial score (nSPS) is 14.7. The Bertz CT molecular complexity index is 119. The van der Waals surface area contributed by atoms with Gasteiger partial charge in [-0.15, -0.1) is 7.92 Å². The molecule has 0 unspecified atom stereocenters. The van der Waals surface area contributed by atoms with Crippen molar-refractivity contribution in [1.29, 1.82) is 0 Å². The molecule has 110 valence electrons. The van der Waals surface area contributed by atoms with Crippen molar-refractivity contribution in [3.8, 4) is 0 Å². The van der Waals surface area contributed by atoms with Gasteiger partial charge in [0.25, 0.3) is 0 Å². The number of hydrogen-bond acceptors (Lipinski definition) is 1. The summed E-state index contributed by atoms with van der Waals surface area (Å²) in [6.07, 6.45) is 15.8. The second-order valence-electron chi connectivity index (χ2n) is 5.22. The van der Waals surface area contributed by atoms with Crippen molar-refractivity contribution in [3.63, 3.8) is 0 Å². The van der Waals surface area contributed by atoms with Crippen LogP contribution in [-0.4, -0.2) is 31.7 Å². The minimum atomic E-state index is 0.422. The molecule has 0 radical (unpaired) electrons. The van der Waals surface area contributed by atoms with Crippen LogP contribution >= 0.6 is 7.92 Å². The molecule has 1 heterocycles. The third-order valence-electron chi connectivity index (χ3n) is 3.31. The van der Waals surface area contributed by atoms with Gasteiger partial charge >= 0.3 is 0 Å². The maximum atomic E-state index is 4.94. The number of unbranched alkanes of at least 4 members (excludes halogenated alkanes) is 3. The van der Waals surface area contributed by atoms with E-state index in [2.05, 4.69) is 20.8 Å². The molecular formula is C16H35OP. The van der Waals surface area contributed by atoms with Gasteiger partial charge in [0.15, 0.2) is 0 Å². The SMILES string of the molecule is C1CCOC1.CCCCP(CCCC)CCCC. The van der Waals surface area contributed by atoms with E-state index in [1.54, 1.807) is 18.5 Å². The average Bonchev–Trinajstić information content (AvgIpc) is 2.97. The van der Waals surface area contributed by atoms with Crippen molar-refractivity contribution in [1.82, 2.24) is 0 Å². The lowest BCUT2D eigenvalue weighted by Gasteiger charge is -2.16. The van der Waals surface area contributed by atoms with E-state index in [1.807, 2.05) is 0 Å². The molecule has 0 atom stereocenters. The standard InChI is InChI=1S/C12H27P.C4H8O/c1-4-7-10-13(11-8-5-2)12-9-6-3;1-2-4-5-3-1/h4-12H2,1-3H3;1-4H2. The summed E-state index contributed by atoms with van der Waals surface area (Å²) in [5, 5.41) is 0. The summed E-state index contributed by atoms with van der Waals surface area (Å²) < 4.78 is 4.94. The topological polar surface area (TPSA) is 9.23 Å². The van der Waals surface area contributed by atoms with Crippen LogP contribution in [0.2, 0.25) is 0 Å². The summed E-state index contributed by atoms with van der Waals surface area (Å²) in [4.78, 5) is 0. The van der Waals surface area contributed by atoms with E-state index in [1.165, 1.54) is 51.4 Å². The summed E-state index contributed by atoms with van der Waals surface area (Å²) in [7, 11) is 0.422. The molecule has 0 aromatic rings. The largest absolute Gasteiger partial charge is 0.381 e. The molecule has 1 aliphatic heterocycles. The van der Waals surface area contributed by atoms with Crippen LogP contribution in [0.1, 0.15) is 72.1 Å². The van der Waals surface area contributed by atoms with Crippen molar-refractivity contribution in [3.05, 3.63) is 0 Å². The summed E-state index contributed by atoms with van der Waals surface area (Å²) in [5.41, 5.74) is 0. The van der Waals surface area contributed by atoms with Crippen molar-refractivity contribution < 1.29 is 4.74 Å². The quantitative estimate of drug-likeness (QED) is 0.492. The van der Waals surface area contributed by atoms with Gasteiger partial charge in [-0.2, -0.15) is 0 Å². The highest BCUT2D eigenvalue weighted by Gasteiger charge is 2.05. The first-order valence-electron chi connectivity index (χ1n) is 8.15. The molecule has 0 amide bonds. The Hall–Kier alpha value is 0.390. The molecule has 0 aromatic carbocycles. The zero-order chi connectivity index (χ0) is 13.5. The molecule has 0 saturated carbocycles. The highest BCUT2D eigenvalue weighted by atomic mass is 31.1.